The van der Waals surface area contributed by atoms with Crippen molar-refractivity contribution in [3.63, 3.8) is 0 Å². The van der Waals surface area contributed by atoms with Crippen LogP contribution in [0.4, 0.5) is 5.69 Å². The van der Waals surface area contributed by atoms with Crippen LogP contribution in [0, 0.1) is 0 Å². The average Bonchev–Trinajstić information content (AvgIpc) is 3.24. The summed E-state index contributed by atoms with van der Waals surface area (Å²) < 4.78 is 0. The molecule has 0 unspecified atom stereocenters. The van der Waals surface area contributed by atoms with Crippen LogP contribution in [0.15, 0.2) is 42.6 Å². The lowest BCUT2D eigenvalue weighted by atomic mass is 10.1. The number of amides is 1. The van der Waals surface area contributed by atoms with Crippen LogP contribution in [0.1, 0.15) is 34.7 Å². The number of carbonyl (C=O) groups excluding carboxylic acids is 1. The van der Waals surface area contributed by atoms with Gasteiger partial charge in [0.15, 0.2) is 0 Å². The van der Waals surface area contributed by atoms with Gasteiger partial charge in [0.2, 0.25) is 0 Å². The molecule has 3 rings (SSSR count). The van der Waals surface area contributed by atoms with Crippen LogP contribution < -0.4 is 5.32 Å². The smallest absolute Gasteiger partial charge is 0.258 e. The lowest BCUT2D eigenvalue weighted by Gasteiger charge is -2.10. The molecule has 1 aliphatic carbocycles. The number of aromatic nitrogens is 1. The molecule has 1 aromatic carbocycles. The minimum atomic E-state index is -0.216. The van der Waals surface area contributed by atoms with Gasteiger partial charge in [-0.15, -0.1) is 0 Å². The summed E-state index contributed by atoms with van der Waals surface area (Å²) in [5.41, 5.74) is 2.47. The van der Waals surface area contributed by atoms with E-state index in [9.17, 15) is 4.79 Å². The molecule has 1 fully saturated rings. The normalized spacial score (nSPS) is 14.2. The second-order valence-electron chi connectivity index (χ2n) is 4.66. The number of hydrogen-bond donors (Lipinski definition) is 1. The molecular formula is C15H13ClN2O. The molecule has 0 bridgehead atoms. The van der Waals surface area contributed by atoms with E-state index in [1.54, 1.807) is 18.3 Å². The summed E-state index contributed by atoms with van der Waals surface area (Å²) in [7, 11) is 0. The predicted molar refractivity (Wildman–Crippen MR) is 75.6 cm³/mol. The van der Waals surface area contributed by atoms with Crippen LogP contribution in [0.3, 0.4) is 0 Å². The van der Waals surface area contributed by atoms with Crippen LogP contribution in [0.25, 0.3) is 0 Å². The Bertz CT molecular complexity index is 623. The van der Waals surface area contributed by atoms with E-state index in [0.29, 0.717) is 11.5 Å². The number of nitrogens with zero attached hydrogens (tertiary/aromatic N) is 1. The van der Waals surface area contributed by atoms with Crippen molar-refractivity contribution in [2.24, 2.45) is 0 Å². The first kappa shape index (κ1) is 12.2. The van der Waals surface area contributed by atoms with Gasteiger partial charge in [-0.2, -0.15) is 0 Å². The topological polar surface area (TPSA) is 42.0 Å². The molecule has 2 aromatic rings. The fourth-order valence-corrected chi connectivity index (χ4v) is 2.31. The van der Waals surface area contributed by atoms with E-state index in [2.05, 4.69) is 16.4 Å². The van der Waals surface area contributed by atoms with Crippen molar-refractivity contribution in [1.29, 1.82) is 0 Å². The van der Waals surface area contributed by atoms with Crippen molar-refractivity contribution in [1.82, 2.24) is 4.98 Å². The third-order valence-corrected chi connectivity index (χ3v) is 3.53. The molecule has 0 radical (unpaired) electrons. The van der Waals surface area contributed by atoms with Gasteiger partial charge in [-0.1, -0.05) is 29.8 Å². The Morgan fingerprint density at radius 3 is 2.74 bits per heavy atom. The van der Waals surface area contributed by atoms with Crippen molar-refractivity contribution in [3.05, 3.63) is 58.9 Å². The van der Waals surface area contributed by atoms with E-state index < -0.39 is 0 Å². The molecule has 0 aliphatic heterocycles. The Hall–Kier alpha value is -1.87. The highest BCUT2D eigenvalue weighted by Crippen LogP contribution is 2.43. The van der Waals surface area contributed by atoms with Crippen molar-refractivity contribution in [3.8, 4) is 0 Å². The second kappa shape index (κ2) is 5.02. The number of rotatable bonds is 3. The molecule has 3 nitrogen and oxygen atoms in total. The van der Waals surface area contributed by atoms with E-state index in [-0.39, 0.29) is 11.1 Å². The molecule has 1 saturated carbocycles. The van der Waals surface area contributed by atoms with Crippen molar-refractivity contribution in [2.75, 3.05) is 5.32 Å². The van der Waals surface area contributed by atoms with E-state index in [4.69, 9.17) is 11.6 Å². The van der Waals surface area contributed by atoms with Gasteiger partial charge in [0.25, 0.3) is 5.91 Å². The Morgan fingerprint density at radius 2 is 2.00 bits per heavy atom. The maximum atomic E-state index is 12.2. The summed E-state index contributed by atoms with van der Waals surface area (Å²) in [6.45, 7) is 0. The fraction of sp³-hybridized carbons (Fsp3) is 0.200. The molecule has 1 heterocycles. The van der Waals surface area contributed by atoms with Crippen LogP contribution in [0.2, 0.25) is 5.15 Å². The summed E-state index contributed by atoms with van der Waals surface area (Å²) >= 11 is 5.93. The number of hydrogen-bond acceptors (Lipinski definition) is 2. The number of pyridine rings is 1. The third-order valence-electron chi connectivity index (χ3n) is 3.23. The number of benzene rings is 1. The molecule has 1 aliphatic rings. The maximum absolute atomic E-state index is 12.2. The minimum Gasteiger partial charge on any atom is -0.322 e. The van der Waals surface area contributed by atoms with Gasteiger partial charge in [-0.05, 0) is 42.5 Å². The number of anilines is 1. The molecule has 0 spiro atoms. The van der Waals surface area contributed by atoms with Gasteiger partial charge in [0, 0.05) is 11.9 Å². The summed E-state index contributed by atoms with van der Waals surface area (Å²) in [5.74, 6) is 0.368. The van der Waals surface area contributed by atoms with E-state index in [1.165, 1.54) is 18.4 Å². The third kappa shape index (κ3) is 2.61. The van der Waals surface area contributed by atoms with Gasteiger partial charge in [-0.3, -0.25) is 4.79 Å². The van der Waals surface area contributed by atoms with Crippen molar-refractivity contribution >= 4 is 23.2 Å². The molecule has 1 N–H and O–H groups in total. The largest absolute Gasteiger partial charge is 0.322 e. The lowest BCUT2D eigenvalue weighted by molar-refractivity contribution is 0.102. The minimum absolute atomic E-state index is 0.216. The zero-order valence-corrected chi connectivity index (χ0v) is 11.0. The number of para-hydroxylation sites is 1. The molecule has 96 valence electrons. The highest BCUT2D eigenvalue weighted by Gasteiger charge is 2.26. The first-order valence-electron chi connectivity index (χ1n) is 6.26. The molecular weight excluding hydrogens is 260 g/mol. The Morgan fingerprint density at radius 1 is 1.21 bits per heavy atom. The maximum Gasteiger partial charge on any atom is 0.258 e. The summed E-state index contributed by atoms with van der Waals surface area (Å²) in [5, 5.41) is 3.15. The molecule has 4 heteroatoms. The molecule has 1 amide bonds. The summed E-state index contributed by atoms with van der Waals surface area (Å²) in [6, 6.07) is 11.3. The standard InChI is InChI=1S/C15H13ClN2O/c16-14-12(5-3-9-17-14)15(19)18-13-6-2-1-4-11(13)10-7-8-10/h1-6,9-10H,7-8H2,(H,18,19). The number of carbonyl (C=O) groups is 1. The lowest BCUT2D eigenvalue weighted by Crippen LogP contribution is -2.14. The van der Waals surface area contributed by atoms with Crippen LogP contribution in [-0.4, -0.2) is 10.9 Å². The Balaban J connectivity index is 1.86. The van der Waals surface area contributed by atoms with Crippen molar-refractivity contribution in [2.45, 2.75) is 18.8 Å². The number of halogens is 1. The Labute approximate surface area is 116 Å². The highest BCUT2D eigenvalue weighted by atomic mass is 35.5. The molecule has 0 saturated heterocycles. The SMILES string of the molecule is O=C(Nc1ccccc1C1CC1)c1cccnc1Cl. The quantitative estimate of drug-likeness (QED) is 0.862. The van der Waals surface area contributed by atoms with Gasteiger partial charge < -0.3 is 5.32 Å². The predicted octanol–water partition coefficient (Wildman–Crippen LogP) is 3.86. The monoisotopic (exact) mass is 272 g/mol. The zero-order chi connectivity index (χ0) is 13.2. The second-order valence-corrected chi connectivity index (χ2v) is 5.02. The first-order valence-corrected chi connectivity index (χ1v) is 6.64. The molecule has 0 atom stereocenters. The van der Waals surface area contributed by atoms with Crippen LogP contribution in [-0.2, 0) is 0 Å². The summed E-state index contributed by atoms with van der Waals surface area (Å²) in [4.78, 5) is 16.1. The van der Waals surface area contributed by atoms with Crippen LogP contribution in [0.5, 0.6) is 0 Å². The van der Waals surface area contributed by atoms with E-state index >= 15 is 0 Å². The van der Waals surface area contributed by atoms with Gasteiger partial charge in [-0.25, -0.2) is 4.98 Å². The fourth-order valence-electron chi connectivity index (χ4n) is 2.11. The average molecular weight is 273 g/mol. The van der Waals surface area contributed by atoms with Crippen LogP contribution >= 0.6 is 11.6 Å². The zero-order valence-electron chi connectivity index (χ0n) is 10.3. The van der Waals surface area contributed by atoms with Gasteiger partial charge in [0.05, 0.1) is 5.56 Å². The summed E-state index contributed by atoms with van der Waals surface area (Å²) in [6.07, 6.45) is 3.96. The molecule has 19 heavy (non-hydrogen) atoms. The van der Waals surface area contributed by atoms with Gasteiger partial charge >= 0.3 is 0 Å². The highest BCUT2D eigenvalue weighted by molar-refractivity contribution is 6.33. The number of nitrogens with one attached hydrogen (secondary N) is 1. The van der Waals surface area contributed by atoms with E-state index in [1.807, 2.05) is 18.2 Å². The van der Waals surface area contributed by atoms with E-state index in [0.717, 1.165) is 5.69 Å². The first-order chi connectivity index (χ1) is 9.25. The van der Waals surface area contributed by atoms with Gasteiger partial charge in [0.1, 0.15) is 5.15 Å². The van der Waals surface area contributed by atoms with Crippen molar-refractivity contribution < 1.29 is 4.79 Å². The molecule has 1 aromatic heterocycles. The Kier molecular flexibility index (Phi) is 3.22.